The molecule has 8 heteroatoms. The molecular formula is C29H33NO7. The largest absolute Gasteiger partial charge is 0.490 e. The van der Waals surface area contributed by atoms with Crippen LogP contribution in [0, 0.1) is 11.3 Å². The molecule has 8 nitrogen and oxygen atoms in total. The number of ether oxygens (including phenoxy) is 5. The van der Waals surface area contributed by atoms with Gasteiger partial charge in [-0.05, 0) is 74.7 Å². The molecule has 0 unspecified atom stereocenters. The van der Waals surface area contributed by atoms with E-state index in [4.69, 9.17) is 23.7 Å². The Morgan fingerprint density at radius 3 is 2.14 bits per heavy atom. The minimum Gasteiger partial charge on any atom is -0.490 e. The molecule has 0 amide bonds. The van der Waals surface area contributed by atoms with Crippen molar-refractivity contribution in [1.29, 1.82) is 5.26 Å². The van der Waals surface area contributed by atoms with Gasteiger partial charge in [0.15, 0.2) is 23.0 Å². The van der Waals surface area contributed by atoms with Crippen LogP contribution in [0.2, 0.25) is 0 Å². The molecule has 0 N–H and O–H groups in total. The maximum absolute atomic E-state index is 12.5. The predicted molar refractivity (Wildman–Crippen MR) is 141 cm³/mol. The monoisotopic (exact) mass is 507 g/mol. The van der Waals surface area contributed by atoms with Crippen LogP contribution in [0.3, 0.4) is 0 Å². The first kappa shape index (κ1) is 29.0. The normalized spacial score (nSPS) is 11.1. The summed E-state index contributed by atoms with van der Waals surface area (Å²) in [5.41, 5.74) is 1.12. The van der Waals surface area contributed by atoms with Gasteiger partial charge in [-0.25, -0.2) is 9.59 Å². The van der Waals surface area contributed by atoms with Gasteiger partial charge in [0.05, 0.1) is 26.4 Å². The second-order valence-electron chi connectivity index (χ2n) is 7.63. The Labute approximate surface area is 218 Å². The van der Waals surface area contributed by atoms with Gasteiger partial charge in [-0.1, -0.05) is 25.5 Å². The Bertz CT molecular complexity index is 1160. The first-order valence-corrected chi connectivity index (χ1v) is 12.3. The third-order valence-electron chi connectivity index (χ3n) is 4.84. The van der Waals surface area contributed by atoms with Gasteiger partial charge in [0, 0.05) is 6.08 Å². The number of carbonyl (C=O) groups is 2. The van der Waals surface area contributed by atoms with Crippen LogP contribution in [0.4, 0.5) is 0 Å². The van der Waals surface area contributed by atoms with Crippen molar-refractivity contribution in [3.63, 3.8) is 0 Å². The number of unbranched alkanes of at least 4 members (excludes halogenated alkanes) is 1. The van der Waals surface area contributed by atoms with Crippen LogP contribution in [0.5, 0.6) is 23.0 Å². The highest BCUT2D eigenvalue weighted by molar-refractivity contribution is 5.98. The van der Waals surface area contributed by atoms with Crippen LogP contribution in [-0.2, 0) is 14.3 Å². The number of nitriles is 1. The quantitative estimate of drug-likeness (QED) is 0.105. The first-order chi connectivity index (χ1) is 17.9. The van der Waals surface area contributed by atoms with E-state index in [1.165, 1.54) is 12.2 Å². The smallest absolute Gasteiger partial charge is 0.348 e. The first-order valence-electron chi connectivity index (χ1n) is 12.3. The number of carbonyl (C=O) groups excluding carboxylic acids is 2. The molecule has 196 valence electrons. The maximum atomic E-state index is 12.5. The molecule has 0 saturated carbocycles. The molecule has 2 rings (SSSR count). The van der Waals surface area contributed by atoms with Crippen molar-refractivity contribution in [2.45, 2.75) is 40.5 Å². The van der Waals surface area contributed by atoms with Crippen LogP contribution in [0.15, 0.2) is 48.0 Å². The lowest BCUT2D eigenvalue weighted by Crippen LogP contribution is -2.07. The van der Waals surface area contributed by atoms with E-state index in [2.05, 4.69) is 6.92 Å². The van der Waals surface area contributed by atoms with Gasteiger partial charge in [0.25, 0.3) is 0 Å². The highest BCUT2D eigenvalue weighted by Gasteiger charge is 2.13. The molecule has 2 aromatic rings. The van der Waals surface area contributed by atoms with E-state index >= 15 is 0 Å². The van der Waals surface area contributed by atoms with Crippen LogP contribution in [-0.4, -0.2) is 38.4 Å². The van der Waals surface area contributed by atoms with Gasteiger partial charge in [-0.3, -0.25) is 0 Å². The van der Waals surface area contributed by atoms with Crippen molar-refractivity contribution in [1.82, 2.24) is 0 Å². The van der Waals surface area contributed by atoms with E-state index < -0.39 is 11.9 Å². The second-order valence-corrected chi connectivity index (χ2v) is 7.63. The molecule has 0 fully saturated rings. The molecule has 0 bridgehead atoms. The molecule has 0 atom stereocenters. The van der Waals surface area contributed by atoms with Crippen LogP contribution in [0.25, 0.3) is 12.2 Å². The summed E-state index contributed by atoms with van der Waals surface area (Å²) in [7, 11) is 0. The predicted octanol–water partition coefficient (Wildman–Crippen LogP) is 5.75. The SMILES string of the molecule is CCCCOc1ccc(/C=C/C(=O)Oc2ccc(/C=C(\C#N)C(=O)OCC)cc2OCC)cc1OCC. The Hall–Kier alpha value is -4.25. The van der Waals surface area contributed by atoms with Crippen LogP contribution in [0.1, 0.15) is 51.7 Å². The summed E-state index contributed by atoms with van der Waals surface area (Å²) in [6.45, 7) is 9.02. The molecule has 0 aromatic heterocycles. The van der Waals surface area contributed by atoms with Gasteiger partial charge >= 0.3 is 11.9 Å². The molecule has 2 aromatic carbocycles. The molecule has 0 aliphatic heterocycles. The molecule has 37 heavy (non-hydrogen) atoms. The number of rotatable bonds is 14. The number of benzene rings is 2. The standard InChI is InChI=1S/C29H33NO7/c1-5-9-16-36-24-13-10-21(18-26(24)33-6-2)12-15-28(31)37-25-14-11-22(19-27(25)34-7-3)17-23(20-30)29(32)35-8-4/h10-15,17-19H,5-9,16H2,1-4H3/b15-12+,23-17+. The van der Waals surface area contributed by atoms with Gasteiger partial charge in [0.2, 0.25) is 0 Å². The highest BCUT2D eigenvalue weighted by atomic mass is 16.6. The van der Waals surface area contributed by atoms with E-state index in [9.17, 15) is 14.9 Å². The molecule has 0 heterocycles. The molecule has 0 saturated heterocycles. The van der Waals surface area contributed by atoms with Gasteiger partial charge in [-0.2, -0.15) is 5.26 Å². The Morgan fingerprint density at radius 1 is 0.838 bits per heavy atom. The van der Waals surface area contributed by atoms with Crippen molar-refractivity contribution in [2.24, 2.45) is 0 Å². The van der Waals surface area contributed by atoms with Crippen molar-refractivity contribution in [3.05, 3.63) is 59.2 Å². The molecular weight excluding hydrogens is 474 g/mol. The van der Waals surface area contributed by atoms with E-state index in [0.29, 0.717) is 42.6 Å². The van der Waals surface area contributed by atoms with Gasteiger partial charge < -0.3 is 23.7 Å². The van der Waals surface area contributed by atoms with E-state index in [0.717, 1.165) is 18.4 Å². The summed E-state index contributed by atoms with van der Waals surface area (Å²) in [4.78, 5) is 24.4. The van der Waals surface area contributed by atoms with E-state index in [1.54, 1.807) is 44.2 Å². The topological polar surface area (TPSA) is 104 Å². The molecule has 0 aliphatic carbocycles. The number of hydrogen-bond donors (Lipinski definition) is 0. The minimum absolute atomic E-state index is 0.148. The Kier molecular flexibility index (Phi) is 12.3. The molecule has 0 radical (unpaired) electrons. The lowest BCUT2D eigenvalue weighted by atomic mass is 10.1. The number of esters is 2. The summed E-state index contributed by atoms with van der Waals surface area (Å²) in [6.07, 6.45) is 6.30. The molecule has 0 spiro atoms. The fraction of sp³-hybridized carbons (Fsp3) is 0.345. The Balaban J connectivity index is 2.18. The Morgan fingerprint density at radius 2 is 1.49 bits per heavy atom. The zero-order chi connectivity index (χ0) is 27.0. The van der Waals surface area contributed by atoms with Gasteiger partial charge in [-0.15, -0.1) is 0 Å². The van der Waals surface area contributed by atoms with E-state index in [-0.39, 0.29) is 17.9 Å². The average Bonchev–Trinajstić information content (AvgIpc) is 2.89. The summed E-state index contributed by atoms with van der Waals surface area (Å²) < 4.78 is 27.4. The summed E-state index contributed by atoms with van der Waals surface area (Å²) in [5.74, 6) is 0.458. The fourth-order valence-corrected chi connectivity index (χ4v) is 3.13. The second kappa shape index (κ2) is 15.7. The summed E-state index contributed by atoms with van der Waals surface area (Å²) >= 11 is 0. The zero-order valence-corrected chi connectivity index (χ0v) is 21.7. The zero-order valence-electron chi connectivity index (χ0n) is 21.7. The van der Waals surface area contributed by atoms with Gasteiger partial charge in [0.1, 0.15) is 11.6 Å². The number of hydrogen-bond acceptors (Lipinski definition) is 8. The third-order valence-corrected chi connectivity index (χ3v) is 4.84. The highest BCUT2D eigenvalue weighted by Crippen LogP contribution is 2.31. The fourth-order valence-electron chi connectivity index (χ4n) is 3.13. The van der Waals surface area contributed by atoms with Crippen molar-refractivity contribution >= 4 is 24.1 Å². The number of nitrogens with zero attached hydrogens (tertiary/aromatic N) is 1. The van der Waals surface area contributed by atoms with Crippen LogP contribution < -0.4 is 18.9 Å². The van der Waals surface area contributed by atoms with Crippen LogP contribution >= 0.6 is 0 Å². The lowest BCUT2D eigenvalue weighted by molar-refractivity contribution is -0.138. The maximum Gasteiger partial charge on any atom is 0.348 e. The van der Waals surface area contributed by atoms with E-state index in [1.807, 2.05) is 25.1 Å². The van der Waals surface area contributed by atoms with Crippen molar-refractivity contribution in [2.75, 3.05) is 26.4 Å². The molecule has 0 aliphatic rings. The summed E-state index contributed by atoms with van der Waals surface area (Å²) in [6, 6.07) is 12.0. The summed E-state index contributed by atoms with van der Waals surface area (Å²) in [5, 5.41) is 9.25. The third kappa shape index (κ3) is 9.37. The lowest BCUT2D eigenvalue weighted by Gasteiger charge is -2.12. The minimum atomic E-state index is -0.711. The van der Waals surface area contributed by atoms with Crippen molar-refractivity contribution < 1.29 is 33.3 Å². The average molecular weight is 508 g/mol. The van der Waals surface area contributed by atoms with Crippen molar-refractivity contribution in [3.8, 4) is 29.1 Å².